The maximum absolute atomic E-state index is 2.52. The second kappa shape index (κ2) is 4.01. The topological polar surface area (TPSA) is 6.48 Å². The summed E-state index contributed by atoms with van der Waals surface area (Å²) >= 11 is 3.82. The van der Waals surface area contributed by atoms with Gasteiger partial charge in [-0.25, -0.2) is 0 Å². The van der Waals surface area contributed by atoms with Gasteiger partial charge in [0, 0.05) is 31.6 Å². The van der Waals surface area contributed by atoms with Crippen molar-refractivity contribution in [3.63, 3.8) is 0 Å². The lowest BCUT2D eigenvalue weighted by atomic mass is 9.87. The molecule has 0 radical (unpaired) electrons. The molecule has 13 heavy (non-hydrogen) atoms. The minimum absolute atomic E-state index is 0.645. The Kier molecular flexibility index (Phi) is 3.13. The average molecular weight is 218 g/mol. The molecule has 76 valence electrons. The maximum atomic E-state index is 2.52. The molecule has 0 aromatic rings. The highest BCUT2D eigenvalue weighted by atomic mass is 32.2. The SMILES string of the molecule is CSN1CCC2(CCN(SC)C2)C1. The van der Waals surface area contributed by atoms with Crippen LogP contribution in [0.5, 0.6) is 0 Å². The predicted octanol–water partition coefficient (Wildman–Crippen LogP) is 1.94. The molecule has 2 aliphatic rings. The molecule has 4 heteroatoms. The molecule has 2 heterocycles. The van der Waals surface area contributed by atoms with Crippen LogP contribution in [0.2, 0.25) is 0 Å². The van der Waals surface area contributed by atoms with Gasteiger partial charge in [-0.05, 0) is 25.4 Å². The van der Waals surface area contributed by atoms with Crippen LogP contribution in [0.1, 0.15) is 12.8 Å². The van der Waals surface area contributed by atoms with E-state index in [0.717, 1.165) is 0 Å². The van der Waals surface area contributed by atoms with Gasteiger partial charge in [0.15, 0.2) is 0 Å². The van der Waals surface area contributed by atoms with E-state index >= 15 is 0 Å². The van der Waals surface area contributed by atoms with E-state index < -0.39 is 0 Å². The lowest BCUT2D eigenvalue weighted by Crippen LogP contribution is -2.26. The fourth-order valence-electron chi connectivity index (χ4n) is 2.43. The zero-order valence-electron chi connectivity index (χ0n) is 8.45. The van der Waals surface area contributed by atoms with Crippen LogP contribution >= 0.6 is 23.9 Å². The Labute approximate surface area is 89.7 Å². The first-order valence-electron chi connectivity index (χ1n) is 4.86. The largest absolute Gasteiger partial charge is 0.250 e. The fourth-order valence-corrected chi connectivity index (χ4v) is 3.79. The van der Waals surface area contributed by atoms with Gasteiger partial charge in [-0.15, -0.1) is 0 Å². The van der Waals surface area contributed by atoms with Crippen molar-refractivity contribution < 1.29 is 0 Å². The van der Waals surface area contributed by atoms with Crippen LogP contribution in [0.4, 0.5) is 0 Å². The van der Waals surface area contributed by atoms with Crippen molar-refractivity contribution in [1.82, 2.24) is 8.61 Å². The van der Waals surface area contributed by atoms with E-state index in [0.29, 0.717) is 5.41 Å². The highest BCUT2D eigenvalue weighted by Crippen LogP contribution is 2.42. The van der Waals surface area contributed by atoms with Crippen LogP contribution in [-0.2, 0) is 0 Å². The van der Waals surface area contributed by atoms with Gasteiger partial charge in [-0.1, -0.05) is 23.9 Å². The summed E-state index contributed by atoms with van der Waals surface area (Å²) in [7, 11) is 0. The number of nitrogens with zero attached hydrogens (tertiary/aromatic N) is 2. The van der Waals surface area contributed by atoms with Crippen molar-refractivity contribution in [2.24, 2.45) is 5.41 Å². The third-order valence-electron chi connectivity index (χ3n) is 3.32. The molecule has 0 aromatic heterocycles. The van der Waals surface area contributed by atoms with Gasteiger partial charge in [0.2, 0.25) is 0 Å². The monoisotopic (exact) mass is 218 g/mol. The summed E-state index contributed by atoms with van der Waals surface area (Å²) in [6, 6.07) is 0. The van der Waals surface area contributed by atoms with Crippen LogP contribution in [0, 0.1) is 5.41 Å². The van der Waals surface area contributed by atoms with Crippen molar-refractivity contribution in [1.29, 1.82) is 0 Å². The summed E-state index contributed by atoms with van der Waals surface area (Å²) < 4.78 is 5.04. The van der Waals surface area contributed by atoms with E-state index in [2.05, 4.69) is 21.1 Å². The van der Waals surface area contributed by atoms with Gasteiger partial charge >= 0.3 is 0 Å². The normalized spacial score (nSPS) is 29.1. The molecule has 2 fully saturated rings. The first-order chi connectivity index (χ1) is 6.28. The Balaban J connectivity index is 1.93. The third kappa shape index (κ3) is 2.01. The highest BCUT2D eigenvalue weighted by molar-refractivity contribution is 7.96. The molecule has 1 spiro atoms. The van der Waals surface area contributed by atoms with E-state index in [1.54, 1.807) is 0 Å². The van der Waals surface area contributed by atoms with Crippen LogP contribution in [0.3, 0.4) is 0 Å². The summed E-state index contributed by atoms with van der Waals surface area (Å²) in [5, 5.41) is 0. The minimum Gasteiger partial charge on any atom is -0.250 e. The van der Waals surface area contributed by atoms with Gasteiger partial charge in [0.25, 0.3) is 0 Å². The molecule has 0 atom stereocenters. The summed E-state index contributed by atoms with van der Waals surface area (Å²) in [6.07, 6.45) is 7.20. The lowest BCUT2D eigenvalue weighted by Gasteiger charge is -2.23. The Morgan fingerprint density at radius 1 is 0.923 bits per heavy atom. The number of rotatable bonds is 2. The van der Waals surface area contributed by atoms with Crippen molar-refractivity contribution in [2.75, 3.05) is 38.7 Å². The zero-order chi connectivity index (χ0) is 9.31. The highest BCUT2D eigenvalue weighted by Gasteiger charge is 2.43. The van der Waals surface area contributed by atoms with Crippen molar-refractivity contribution in [3.8, 4) is 0 Å². The van der Waals surface area contributed by atoms with Crippen LogP contribution in [-0.4, -0.2) is 47.3 Å². The fraction of sp³-hybridized carbons (Fsp3) is 1.00. The smallest absolute Gasteiger partial charge is 0.0159 e. The first kappa shape index (κ1) is 10.1. The maximum Gasteiger partial charge on any atom is 0.0159 e. The van der Waals surface area contributed by atoms with E-state index in [9.17, 15) is 0 Å². The molecule has 0 saturated carbocycles. The molecule has 0 N–H and O–H groups in total. The number of hydrogen-bond donors (Lipinski definition) is 0. The van der Waals surface area contributed by atoms with E-state index in [-0.39, 0.29) is 0 Å². The second-order valence-corrected chi connectivity index (χ2v) is 5.86. The molecular formula is C9H18N2S2. The van der Waals surface area contributed by atoms with Gasteiger partial charge in [-0.2, -0.15) is 0 Å². The lowest BCUT2D eigenvalue weighted by molar-refractivity contribution is 0.330. The molecular weight excluding hydrogens is 200 g/mol. The zero-order valence-corrected chi connectivity index (χ0v) is 10.1. The molecule has 0 aliphatic carbocycles. The predicted molar refractivity (Wildman–Crippen MR) is 61.8 cm³/mol. The molecule has 2 nitrogen and oxygen atoms in total. The van der Waals surface area contributed by atoms with Gasteiger partial charge in [0.05, 0.1) is 0 Å². The Bertz CT molecular complexity index is 166. The van der Waals surface area contributed by atoms with E-state index in [1.165, 1.54) is 39.0 Å². The summed E-state index contributed by atoms with van der Waals surface area (Å²) in [5.41, 5.74) is 0.645. The number of hydrogen-bond acceptors (Lipinski definition) is 4. The standard InChI is InChI=1S/C9H18N2S2/c1-12-10-5-3-9(7-10)4-6-11(8-9)13-2/h3-8H2,1-2H3. The second-order valence-electron chi connectivity index (χ2n) is 4.09. The van der Waals surface area contributed by atoms with Crippen LogP contribution in [0.25, 0.3) is 0 Å². The third-order valence-corrected chi connectivity index (χ3v) is 4.98. The van der Waals surface area contributed by atoms with Crippen LogP contribution in [0.15, 0.2) is 0 Å². The Morgan fingerprint density at radius 2 is 1.38 bits per heavy atom. The van der Waals surface area contributed by atoms with Gasteiger partial charge in [0.1, 0.15) is 0 Å². The summed E-state index contributed by atoms with van der Waals surface area (Å²) in [5.74, 6) is 0. The van der Waals surface area contributed by atoms with Crippen LogP contribution < -0.4 is 0 Å². The van der Waals surface area contributed by atoms with E-state index in [1.807, 2.05) is 23.9 Å². The Hall–Kier alpha value is 0.620. The minimum atomic E-state index is 0.645. The van der Waals surface area contributed by atoms with Crippen molar-refractivity contribution in [3.05, 3.63) is 0 Å². The molecule has 0 aromatic carbocycles. The first-order valence-corrected chi connectivity index (χ1v) is 7.22. The molecule has 0 amide bonds. The van der Waals surface area contributed by atoms with E-state index in [4.69, 9.17) is 0 Å². The molecule has 0 unspecified atom stereocenters. The van der Waals surface area contributed by atoms with Crippen molar-refractivity contribution in [2.45, 2.75) is 12.8 Å². The molecule has 2 aliphatic heterocycles. The summed E-state index contributed by atoms with van der Waals surface area (Å²) in [6.45, 7) is 5.21. The van der Waals surface area contributed by atoms with Gasteiger partial charge < -0.3 is 0 Å². The molecule has 2 rings (SSSR count). The molecule has 2 saturated heterocycles. The quantitative estimate of drug-likeness (QED) is 0.653. The van der Waals surface area contributed by atoms with Gasteiger partial charge in [-0.3, -0.25) is 8.61 Å². The average Bonchev–Trinajstić information content (AvgIpc) is 2.74. The Morgan fingerprint density at radius 3 is 1.69 bits per heavy atom. The van der Waals surface area contributed by atoms with Crippen molar-refractivity contribution >= 4 is 23.9 Å². The molecule has 0 bridgehead atoms. The summed E-state index contributed by atoms with van der Waals surface area (Å²) in [4.78, 5) is 0.